The normalized spacial score (nSPS) is 10.1. The van der Waals surface area contributed by atoms with Crippen LogP contribution in [0.15, 0.2) is 0 Å². The predicted octanol–water partition coefficient (Wildman–Crippen LogP) is 11.6. The maximum atomic E-state index is 10.5. The molecular weight excluding hydrogens is 416 g/mol. The Morgan fingerprint density at radius 3 is 0.971 bits per heavy atom. The minimum Gasteiger partial charge on any atom is -0.303 e. The van der Waals surface area contributed by atoms with Crippen LogP contribution in [-0.2, 0) is 9.59 Å². The number of unbranched alkanes of at least 4 members (excludes halogenated alkanes) is 21. The molecule has 0 unspecified atom stereocenters. The first-order valence-electron chi connectivity index (χ1n) is 15.5. The molecule has 0 aromatic heterocycles. The number of ketones is 1. The van der Waals surface area contributed by atoms with E-state index >= 15 is 0 Å². The first kappa shape index (κ1) is 37.9. The summed E-state index contributed by atoms with van der Waals surface area (Å²) >= 11 is 0. The molecule has 0 fully saturated rings. The third-order valence-corrected chi connectivity index (χ3v) is 6.27. The van der Waals surface area contributed by atoms with E-state index in [1.54, 1.807) is 6.92 Å². The first-order valence-corrected chi connectivity index (χ1v) is 15.5. The highest BCUT2D eigenvalue weighted by Gasteiger charge is 1.93. The fraction of sp³-hybridized carbons (Fsp3) is 0.938. The van der Waals surface area contributed by atoms with Gasteiger partial charge in [0.1, 0.15) is 12.1 Å². The van der Waals surface area contributed by atoms with Gasteiger partial charge >= 0.3 is 0 Å². The number of carbonyl (C=O) groups is 2. The van der Waals surface area contributed by atoms with Gasteiger partial charge in [0.25, 0.3) is 0 Å². The molecule has 0 spiro atoms. The second kappa shape index (κ2) is 39.5. The predicted molar refractivity (Wildman–Crippen MR) is 155 cm³/mol. The van der Waals surface area contributed by atoms with Crippen LogP contribution in [0.4, 0.5) is 0 Å². The van der Waals surface area contributed by atoms with E-state index in [4.69, 9.17) is 0 Å². The highest BCUT2D eigenvalue weighted by molar-refractivity contribution is 5.75. The summed E-state index contributed by atoms with van der Waals surface area (Å²) in [6, 6.07) is 0. The molecule has 0 aromatic rings. The lowest BCUT2D eigenvalue weighted by atomic mass is 10.1. The summed E-state index contributed by atoms with van der Waals surface area (Å²) in [6.45, 7) is 10.7. The Morgan fingerprint density at radius 2 is 0.706 bits per heavy atom. The molecule has 2 heteroatoms. The van der Waals surface area contributed by atoms with Crippen molar-refractivity contribution in [2.45, 2.75) is 195 Å². The summed E-state index contributed by atoms with van der Waals surface area (Å²) in [4.78, 5) is 20.5. The van der Waals surface area contributed by atoms with E-state index in [0.717, 1.165) is 32.0 Å². The number of hydrogen-bond donors (Lipinski definition) is 0. The lowest BCUT2D eigenvalue weighted by Crippen LogP contribution is -1.88. The summed E-state index contributed by atoms with van der Waals surface area (Å²) in [7, 11) is 0. The van der Waals surface area contributed by atoms with Crippen molar-refractivity contribution in [3.8, 4) is 0 Å². The van der Waals surface area contributed by atoms with Gasteiger partial charge < -0.3 is 9.59 Å². The Hall–Kier alpha value is -0.660. The van der Waals surface area contributed by atoms with Gasteiger partial charge in [0.15, 0.2) is 0 Å². The molecule has 0 bridgehead atoms. The molecule has 0 N–H and O–H groups in total. The largest absolute Gasteiger partial charge is 0.303 e. The molecule has 0 aromatic carbocycles. The molecule has 0 aliphatic heterocycles. The Labute approximate surface area is 216 Å². The van der Waals surface area contributed by atoms with Gasteiger partial charge in [-0.25, -0.2) is 0 Å². The molecule has 0 aliphatic carbocycles. The van der Waals surface area contributed by atoms with Crippen molar-refractivity contribution >= 4 is 12.1 Å². The lowest BCUT2D eigenvalue weighted by Gasteiger charge is -1.99. The Kier molecular flexibility index (Phi) is 44.1. The van der Waals surface area contributed by atoms with Gasteiger partial charge in [0, 0.05) is 12.8 Å². The molecule has 0 radical (unpaired) electrons. The van der Waals surface area contributed by atoms with Gasteiger partial charge in [0.2, 0.25) is 0 Å². The van der Waals surface area contributed by atoms with Crippen molar-refractivity contribution in [1.29, 1.82) is 0 Å². The summed E-state index contributed by atoms with van der Waals surface area (Å²) in [5.74, 6) is 0.334. The van der Waals surface area contributed by atoms with E-state index in [1.165, 1.54) is 135 Å². The summed E-state index contributed by atoms with van der Waals surface area (Å²) < 4.78 is 0. The number of aldehydes is 1. The maximum absolute atomic E-state index is 10.5. The van der Waals surface area contributed by atoms with Crippen LogP contribution < -0.4 is 0 Å². The SMILES string of the molecule is CCCCCCCCC(C)=O.CCCCCCCCCC=O.CCCCCCCCCCCC. The quantitative estimate of drug-likeness (QED) is 0.101. The van der Waals surface area contributed by atoms with Crippen molar-refractivity contribution in [2.75, 3.05) is 0 Å². The highest BCUT2D eigenvalue weighted by atomic mass is 16.1. The topological polar surface area (TPSA) is 34.1 Å². The van der Waals surface area contributed by atoms with Crippen LogP contribution in [0.3, 0.4) is 0 Å². The molecule has 0 heterocycles. The zero-order valence-electron chi connectivity index (χ0n) is 24.6. The fourth-order valence-electron chi connectivity index (χ4n) is 3.90. The third kappa shape index (κ3) is 48.7. The van der Waals surface area contributed by atoms with E-state index in [1.807, 2.05) is 0 Å². The molecule has 0 saturated heterocycles. The van der Waals surface area contributed by atoms with Gasteiger partial charge in [0.05, 0.1) is 0 Å². The number of Topliss-reactive ketones (excluding diaryl/α,β-unsaturated/α-hetero) is 1. The monoisotopic (exact) mass is 483 g/mol. The van der Waals surface area contributed by atoms with Crippen LogP contribution in [0.25, 0.3) is 0 Å². The Bertz CT molecular complexity index is 341. The van der Waals surface area contributed by atoms with Crippen LogP contribution >= 0.6 is 0 Å². The Balaban J connectivity index is -0.000000425. The molecule has 34 heavy (non-hydrogen) atoms. The van der Waals surface area contributed by atoms with Gasteiger partial charge in [-0.2, -0.15) is 0 Å². The third-order valence-electron chi connectivity index (χ3n) is 6.27. The van der Waals surface area contributed by atoms with Crippen molar-refractivity contribution in [1.82, 2.24) is 0 Å². The van der Waals surface area contributed by atoms with E-state index in [0.29, 0.717) is 5.78 Å². The zero-order valence-corrected chi connectivity index (χ0v) is 24.6. The molecule has 0 atom stereocenters. The molecule has 2 nitrogen and oxygen atoms in total. The average molecular weight is 483 g/mol. The zero-order chi connectivity index (χ0) is 26.0. The van der Waals surface area contributed by atoms with E-state index in [-0.39, 0.29) is 0 Å². The van der Waals surface area contributed by atoms with E-state index < -0.39 is 0 Å². The van der Waals surface area contributed by atoms with Crippen LogP contribution in [0.5, 0.6) is 0 Å². The van der Waals surface area contributed by atoms with Gasteiger partial charge in [-0.1, -0.05) is 163 Å². The molecule has 0 saturated carbocycles. The Morgan fingerprint density at radius 1 is 0.441 bits per heavy atom. The highest BCUT2D eigenvalue weighted by Crippen LogP contribution is 2.10. The molecule has 206 valence electrons. The van der Waals surface area contributed by atoms with Gasteiger partial charge in [-0.3, -0.25) is 0 Å². The minimum absolute atomic E-state index is 0.334. The smallest absolute Gasteiger partial charge is 0.129 e. The average Bonchev–Trinajstić information content (AvgIpc) is 2.83. The van der Waals surface area contributed by atoms with Crippen molar-refractivity contribution < 1.29 is 9.59 Å². The lowest BCUT2D eigenvalue weighted by molar-refractivity contribution is -0.117. The molecular formula is C32H66O2. The van der Waals surface area contributed by atoms with Crippen LogP contribution in [0, 0.1) is 0 Å². The number of hydrogen-bond acceptors (Lipinski definition) is 2. The van der Waals surface area contributed by atoms with Gasteiger partial charge in [-0.15, -0.1) is 0 Å². The number of rotatable bonds is 24. The second-order valence-corrected chi connectivity index (χ2v) is 10.1. The first-order chi connectivity index (χ1) is 16.6. The summed E-state index contributed by atoms with van der Waals surface area (Å²) in [5, 5.41) is 0. The summed E-state index contributed by atoms with van der Waals surface area (Å²) in [5.41, 5.74) is 0. The van der Waals surface area contributed by atoms with Crippen molar-refractivity contribution in [3.63, 3.8) is 0 Å². The standard InChI is InChI=1S/C12H26.2C10H20O/c1-3-5-7-9-11-12-10-8-6-4-2;1-3-4-5-6-7-8-9-10(2)11;1-2-3-4-5-6-7-8-9-10-11/h3-12H2,1-2H3;3-9H2,1-2H3;10H,2-9H2,1H3. The second-order valence-electron chi connectivity index (χ2n) is 10.1. The minimum atomic E-state index is 0.334. The van der Waals surface area contributed by atoms with Gasteiger partial charge in [-0.05, 0) is 19.8 Å². The molecule has 0 aliphatic rings. The van der Waals surface area contributed by atoms with E-state index in [2.05, 4.69) is 27.7 Å². The van der Waals surface area contributed by atoms with Crippen LogP contribution in [0.1, 0.15) is 195 Å². The van der Waals surface area contributed by atoms with Crippen LogP contribution in [0.2, 0.25) is 0 Å². The number of carbonyl (C=O) groups excluding carboxylic acids is 2. The van der Waals surface area contributed by atoms with Crippen molar-refractivity contribution in [3.05, 3.63) is 0 Å². The van der Waals surface area contributed by atoms with Crippen molar-refractivity contribution in [2.24, 2.45) is 0 Å². The van der Waals surface area contributed by atoms with E-state index in [9.17, 15) is 9.59 Å². The molecule has 0 amide bonds. The summed E-state index contributed by atoms with van der Waals surface area (Å²) in [6.07, 6.45) is 33.7. The molecule has 0 rings (SSSR count). The van der Waals surface area contributed by atoms with Crippen LogP contribution in [-0.4, -0.2) is 12.1 Å². The maximum Gasteiger partial charge on any atom is 0.129 e. The fourth-order valence-corrected chi connectivity index (χ4v) is 3.90.